The van der Waals surface area contributed by atoms with E-state index in [9.17, 15) is 4.79 Å². The van der Waals surface area contributed by atoms with Crippen molar-refractivity contribution >= 4 is 11.7 Å². The molecular weight excluding hydrogens is 266 g/mol. The number of nitrogens with zero attached hydrogens (tertiary/aromatic N) is 3. The largest absolute Gasteiger partial charge is 0.456 e. The van der Waals surface area contributed by atoms with Gasteiger partial charge in [-0.25, -0.2) is 4.79 Å². The molecular formula is C16H17N3O2. The molecule has 0 radical (unpaired) electrons. The molecule has 0 saturated heterocycles. The Hall–Kier alpha value is -2.74. The number of aryl methyl sites for hydroxylation is 1. The van der Waals surface area contributed by atoms with Crippen molar-refractivity contribution in [2.45, 2.75) is 6.61 Å². The average molecular weight is 283 g/mol. The van der Waals surface area contributed by atoms with Gasteiger partial charge in [-0.2, -0.15) is 5.26 Å². The molecule has 0 N–H and O–H groups in total. The number of anilines is 1. The number of carbonyl (C=O) groups excluding carboxylic acids is 1. The maximum atomic E-state index is 12.0. The summed E-state index contributed by atoms with van der Waals surface area (Å²) in [4.78, 5) is 14.0. The van der Waals surface area contributed by atoms with Crippen molar-refractivity contribution in [3.05, 3.63) is 53.3 Å². The molecule has 0 amide bonds. The zero-order chi connectivity index (χ0) is 15.4. The summed E-state index contributed by atoms with van der Waals surface area (Å²) < 4.78 is 6.89. The Kier molecular flexibility index (Phi) is 4.29. The van der Waals surface area contributed by atoms with Crippen LogP contribution in [0.1, 0.15) is 21.6 Å². The van der Waals surface area contributed by atoms with Gasteiger partial charge in [-0.3, -0.25) is 0 Å². The predicted molar refractivity (Wildman–Crippen MR) is 80.0 cm³/mol. The smallest absolute Gasteiger partial charge is 0.355 e. The summed E-state index contributed by atoms with van der Waals surface area (Å²) in [5.74, 6) is -0.436. The molecule has 1 aromatic carbocycles. The summed E-state index contributed by atoms with van der Waals surface area (Å²) in [6.45, 7) is 0.202. The van der Waals surface area contributed by atoms with E-state index in [4.69, 9.17) is 10.00 Å². The van der Waals surface area contributed by atoms with Crippen molar-refractivity contribution in [1.82, 2.24) is 4.57 Å². The van der Waals surface area contributed by atoms with Gasteiger partial charge in [0.2, 0.25) is 0 Å². The fourth-order valence-electron chi connectivity index (χ4n) is 1.98. The molecule has 2 rings (SSSR count). The SMILES string of the molecule is CN(C)c1cccc(COC(=O)c2cc(C#N)cn2C)c1. The fraction of sp³-hybridized carbons (Fsp3) is 0.250. The van der Waals surface area contributed by atoms with E-state index < -0.39 is 5.97 Å². The van der Waals surface area contributed by atoms with Gasteiger partial charge in [0.05, 0.1) is 5.56 Å². The lowest BCUT2D eigenvalue weighted by Gasteiger charge is -2.13. The summed E-state index contributed by atoms with van der Waals surface area (Å²) in [5, 5.41) is 8.83. The van der Waals surface area contributed by atoms with E-state index in [1.54, 1.807) is 17.8 Å². The molecule has 0 fully saturated rings. The Morgan fingerprint density at radius 3 is 2.76 bits per heavy atom. The van der Waals surface area contributed by atoms with E-state index in [0.717, 1.165) is 11.3 Å². The molecule has 1 aromatic heterocycles. The number of carbonyl (C=O) groups is 1. The fourth-order valence-corrected chi connectivity index (χ4v) is 1.98. The minimum Gasteiger partial charge on any atom is -0.456 e. The molecule has 0 unspecified atom stereocenters. The number of hydrogen-bond donors (Lipinski definition) is 0. The van der Waals surface area contributed by atoms with Crippen molar-refractivity contribution in [2.75, 3.05) is 19.0 Å². The quantitative estimate of drug-likeness (QED) is 0.808. The first kappa shape index (κ1) is 14.7. The third kappa shape index (κ3) is 3.42. The molecule has 0 aliphatic heterocycles. The van der Waals surface area contributed by atoms with Crippen LogP contribution in [0.15, 0.2) is 36.5 Å². The second-order valence-electron chi connectivity index (χ2n) is 4.98. The lowest BCUT2D eigenvalue weighted by Crippen LogP contribution is -2.11. The van der Waals surface area contributed by atoms with E-state index in [2.05, 4.69) is 0 Å². The van der Waals surface area contributed by atoms with Crippen LogP contribution in [0.5, 0.6) is 0 Å². The maximum Gasteiger partial charge on any atom is 0.355 e. The summed E-state index contributed by atoms with van der Waals surface area (Å²) in [5.41, 5.74) is 2.79. The first-order chi connectivity index (χ1) is 10.0. The zero-order valence-electron chi connectivity index (χ0n) is 12.3. The third-order valence-corrected chi connectivity index (χ3v) is 3.14. The van der Waals surface area contributed by atoms with E-state index in [1.807, 2.05) is 49.3 Å². The van der Waals surface area contributed by atoms with Gasteiger partial charge in [-0.15, -0.1) is 0 Å². The van der Waals surface area contributed by atoms with Gasteiger partial charge in [0.25, 0.3) is 0 Å². The van der Waals surface area contributed by atoms with Crippen molar-refractivity contribution < 1.29 is 9.53 Å². The number of esters is 1. The topological polar surface area (TPSA) is 58.3 Å². The molecule has 0 spiro atoms. The number of benzene rings is 1. The van der Waals surface area contributed by atoms with Gasteiger partial charge in [0.1, 0.15) is 18.4 Å². The maximum absolute atomic E-state index is 12.0. The normalized spacial score (nSPS) is 10.0. The minimum absolute atomic E-state index is 0.202. The van der Waals surface area contributed by atoms with Crippen LogP contribution in [0.3, 0.4) is 0 Å². The molecule has 108 valence electrons. The lowest BCUT2D eigenvalue weighted by atomic mass is 10.2. The Labute approximate surface area is 124 Å². The Morgan fingerprint density at radius 1 is 1.38 bits per heavy atom. The predicted octanol–water partition coefficient (Wildman–Crippen LogP) is 2.32. The molecule has 0 aliphatic carbocycles. The number of rotatable bonds is 4. The monoisotopic (exact) mass is 283 g/mol. The molecule has 0 saturated carbocycles. The van der Waals surface area contributed by atoms with Crippen molar-refractivity contribution in [2.24, 2.45) is 7.05 Å². The molecule has 0 bridgehead atoms. The molecule has 0 atom stereocenters. The number of nitriles is 1. The first-order valence-corrected chi connectivity index (χ1v) is 6.51. The van der Waals surface area contributed by atoms with Crippen molar-refractivity contribution in [3.63, 3.8) is 0 Å². The second kappa shape index (κ2) is 6.14. The van der Waals surface area contributed by atoms with Crippen molar-refractivity contribution in [1.29, 1.82) is 5.26 Å². The van der Waals surface area contributed by atoms with Gasteiger partial charge < -0.3 is 14.2 Å². The van der Waals surface area contributed by atoms with Crippen LogP contribution in [-0.2, 0) is 18.4 Å². The highest BCUT2D eigenvalue weighted by molar-refractivity contribution is 5.88. The van der Waals surface area contributed by atoms with E-state index in [0.29, 0.717) is 11.3 Å². The highest BCUT2D eigenvalue weighted by atomic mass is 16.5. The van der Waals surface area contributed by atoms with Crippen LogP contribution < -0.4 is 4.90 Å². The molecule has 5 heteroatoms. The Morgan fingerprint density at radius 2 is 2.14 bits per heavy atom. The molecule has 0 aliphatic rings. The van der Waals surface area contributed by atoms with Gasteiger partial charge >= 0.3 is 5.97 Å². The Bertz CT molecular complexity index is 696. The average Bonchev–Trinajstić information content (AvgIpc) is 2.86. The third-order valence-electron chi connectivity index (χ3n) is 3.14. The lowest BCUT2D eigenvalue weighted by molar-refractivity contribution is 0.0461. The van der Waals surface area contributed by atoms with E-state index in [1.165, 1.54) is 6.07 Å². The van der Waals surface area contributed by atoms with Crippen molar-refractivity contribution in [3.8, 4) is 6.07 Å². The number of hydrogen-bond acceptors (Lipinski definition) is 4. The van der Waals surface area contributed by atoms with Crippen LogP contribution in [0, 0.1) is 11.3 Å². The molecule has 21 heavy (non-hydrogen) atoms. The van der Waals surface area contributed by atoms with Gasteiger partial charge in [-0.05, 0) is 23.8 Å². The zero-order valence-corrected chi connectivity index (χ0v) is 12.3. The Balaban J connectivity index is 2.06. The summed E-state index contributed by atoms with van der Waals surface area (Å²) in [6.07, 6.45) is 1.60. The van der Waals surface area contributed by atoms with Crippen LogP contribution in [-0.4, -0.2) is 24.6 Å². The highest BCUT2D eigenvalue weighted by Crippen LogP contribution is 2.15. The van der Waals surface area contributed by atoms with E-state index in [-0.39, 0.29) is 6.61 Å². The molecule has 1 heterocycles. The summed E-state index contributed by atoms with van der Waals surface area (Å²) in [7, 11) is 5.63. The molecule has 2 aromatic rings. The van der Waals surface area contributed by atoms with Crippen LogP contribution in [0.25, 0.3) is 0 Å². The summed E-state index contributed by atoms with van der Waals surface area (Å²) in [6, 6.07) is 11.3. The molecule has 5 nitrogen and oxygen atoms in total. The van der Waals surface area contributed by atoms with Gasteiger partial charge in [-0.1, -0.05) is 12.1 Å². The number of aromatic nitrogens is 1. The number of ether oxygens (including phenoxy) is 1. The van der Waals surface area contributed by atoms with Crippen LogP contribution in [0.2, 0.25) is 0 Å². The van der Waals surface area contributed by atoms with Gasteiger partial charge in [0, 0.05) is 33.0 Å². The van der Waals surface area contributed by atoms with Crippen LogP contribution in [0.4, 0.5) is 5.69 Å². The van der Waals surface area contributed by atoms with Crippen LogP contribution >= 0.6 is 0 Å². The highest BCUT2D eigenvalue weighted by Gasteiger charge is 2.13. The standard InChI is InChI=1S/C16H17N3O2/c1-18(2)14-6-4-5-12(7-14)11-21-16(20)15-8-13(9-17)10-19(15)3/h4-8,10H,11H2,1-3H3. The summed E-state index contributed by atoms with van der Waals surface area (Å²) >= 11 is 0. The van der Waals surface area contributed by atoms with E-state index >= 15 is 0 Å². The first-order valence-electron chi connectivity index (χ1n) is 6.51. The second-order valence-corrected chi connectivity index (χ2v) is 4.98. The van der Waals surface area contributed by atoms with Gasteiger partial charge in [0.15, 0.2) is 0 Å². The minimum atomic E-state index is -0.436.